The maximum atomic E-state index is 13.1. The zero-order valence-electron chi connectivity index (χ0n) is 15.6. The van der Waals surface area contributed by atoms with Crippen molar-refractivity contribution in [1.29, 1.82) is 0 Å². The Morgan fingerprint density at radius 2 is 1.79 bits per heavy atom. The fourth-order valence-corrected chi connectivity index (χ4v) is 3.68. The molecule has 0 aliphatic rings. The molecule has 9 heteroatoms. The van der Waals surface area contributed by atoms with Crippen molar-refractivity contribution in [2.24, 2.45) is 0 Å². The molecule has 0 saturated carbocycles. The zero-order chi connectivity index (χ0) is 19.4. The van der Waals surface area contributed by atoms with Crippen molar-refractivity contribution in [2.75, 3.05) is 32.1 Å². The van der Waals surface area contributed by atoms with Crippen molar-refractivity contribution in [3.05, 3.63) is 64.2 Å². The highest BCUT2D eigenvalue weighted by Crippen LogP contribution is 2.30. The number of nitro groups is 1. The zero-order valence-corrected chi connectivity index (χ0v) is 17.2. The van der Waals surface area contributed by atoms with Crippen LogP contribution < -0.4 is 4.90 Å². The Labute approximate surface area is 173 Å². The Bertz CT molecular complexity index is 926. The number of nitro benzene ring substituents is 1. The van der Waals surface area contributed by atoms with Crippen LogP contribution in [0.1, 0.15) is 16.8 Å². The summed E-state index contributed by atoms with van der Waals surface area (Å²) in [5.41, 5.74) is 1.22. The Morgan fingerprint density at radius 1 is 1.11 bits per heavy atom. The summed E-state index contributed by atoms with van der Waals surface area (Å²) in [6, 6.07) is 13.4. The summed E-state index contributed by atoms with van der Waals surface area (Å²) in [4.78, 5) is 31.8. The van der Waals surface area contributed by atoms with Crippen LogP contribution in [-0.4, -0.2) is 47.9 Å². The molecule has 1 amide bonds. The van der Waals surface area contributed by atoms with Crippen LogP contribution in [0.25, 0.3) is 10.2 Å². The SMILES string of the molecule is CN(C)CCCN(C(=O)c1ccc([N+](=O)[O-])cc1)c1nc2ccccc2s1.Cl. The minimum Gasteiger partial charge on any atom is -0.309 e. The van der Waals surface area contributed by atoms with E-state index in [1.165, 1.54) is 35.6 Å². The van der Waals surface area contributed by atoms with Crippen molar-refractivity contribution in [3.8, 4) is 0 Å². The number of anilines is 1. The van der Waals surface area contributed by atoms with Crippen LogP contribution in [-0.2, 0) is 0 Å². The molecule has 0 aliphatic heterocycles. The minimum absolute atomic E-state index is 0. The number of rotatable bonds is 7. The molecule has 0 fully saturated rings. The topological polar surface area (TPSA) is 79.6 Å². The third kappa shape index (κ3) is 5.03. The van der Waals surface area contributed by atoms with E-state index < -0.39 is 4.92 Å². The lowest BCUT2D eigenvalue weighted by atomic mass is 10.2. The van der Waals surface area contributed by atoms with Gasteiger partial charge < -0.3 is 4.90 Å². The van der Waals surface area contributed by atoms with Gasteiger partial charge in [0.15, 0.2) is 5.13 Å². The number of non-ortho nitro benzene ring substituents is 1. The average Bonchev–Trinajstić information content (AvgIpc) is 3.08. The van der Waals surface area contributed by atoms with Crippen molar-refractivity contribution >= 4 is 50.7 Å². The summed E-state index contributed by atoms with van der Waals surface area (Å²) < 4.78 is 1.02. The highest BCUT2D eigenvalue weighted by atomic mass is 35.5. The van der Waals surface area contributed by atoms with E-state index in [4.69, 9.17) is 0 Å². The summed E-state index contributed by atoms with van der Waals surface area (Å²) in [7, 11) is 3.97. The van der Waals surface area contributed by atoms with Crippen LogP contribution in [0.5, 0.6) is 0 Å². The van der Waals surface area contributed by atoms with Gasteiger partial charge in [0, 0.05) is 24.2 Å². The number of carbonyl (C=O) groups is 1. The van der Waals surface area contributed by atoms with Crippen LogP contribution in [0.2, 0.25) is 0 Å². The fourth-order valence-electron chi connectivity index (χ4n) is 2.69. The van der Waals surface area contributed by atoms with E-state index in [-0.39, 0.29) is 24.0 Å². The number of nitrogens with zero attached hydrogens (tertiary/aromatic N) is 4. The molecular weight excluding hydrogens is 400 g/mol. The smallest absolute Gasteiger partial charge is 0.269 e. The number of hydrogen-bond donors (Lipinski definition) is 0. The highest BCUT2D eigenvalue weighted by molar-refractivity contribution is 7.22. The van der Waals surface area contributed by atoms with Gasteiger partial charge >= 0.3 is 0 Å². The predicted octanol–water partition coefficient (Wildman–Crippen LogP) is 4.22. The summed E-state index contributed by atoms with van der Waals surface area (Å²) in [6.45, 7) is 1.36. The van der Waals surface area contributed by atoms with E-state index in [2.05, 4.69) is 9.88 Å². The molecule has 0 N–H and O–H groups in total. The molecule has 7 nitrogen and oxygen atoms in total. The van der Waals surface area contributed by atoms with E-state index in [9.17, 15) is 14.9 Å². The molecule has 0 unspecified atom stereocenters. The number of benzene rings is 2. The number of carbonyl (C=O) groups excluding carboxylic acids is 1. The number of para-hydroxylation sites is 1. The van der Waals surface area contributed by atoms with Crippen LogP contribution in [0.3, 0.4) is 0 Å². The van der Waals surface area contributed by atoms with Crippen molar-refractivity contribution in [3.63, 3.8) is 0 Å². The third-order valence-electron chi connectivity index (χ3n) is 4.07. The normalized spacial score (nSPS) is 10.7. The molecule has 3 rings (SSSR count). The van der Waals surface area contributed by atoms with Crippen LogP contribution >= 0.6 is 23.7 Å². The van der Waals surface area contributed by atoms with Crippen LogP contribution in [0.4, 0.5) is 10.8 Å². The van der Waals surface area contributed by atoms with Gasteiger partial charge in [0.25, 0.3) is 11.6 Å². The Hall–Kier alpha value is -2.55. The van der Waals surface area contributed by atoms with E-state index in [0.29, 0.717) is 17.2 Å². The van der Waals surface area contributed by atoms with Crippen LogP contribution in [0.15, 0.2) is 48.5 Å². The first-order valence-electron chi connectivity index (χ1n) is 8.52. The molecule has 2 aromatic carbocycles. The molecule has 1 aromatic heterocycles. The second kappa shape index (κ2) is 9.59. The van der Waals surface area contributed by atoms with Crippen molar-refractivity contribution in [1.82, 2.24) is 9.88 Å². The molecule has 0 spiro atoms. The quantitative estimate of drug-likeness (QED) is 0.422. The summed E-state index contributed by atoms with van der Waals surface area (Å²) in [5, 5.41) is 11.5. The van der Waals surface area contributed by atoms with Gasteiger partial charge in [0.2, 0.25) is 0 Å². The van der Waals surface area contributed by atoms with Crippen LogP contribution in [0, 0.1) is 10.1 Å². The van der Waals surface area contributed by atoms with E-state index in [1.54, 1.807) is 4.90 Å². The summed E-state index contributed by atoms with van der Waals surface area (Å²) in [6.07, 6.45) is 0.793. The molecule has 1 heterocycles. The lowest BCUT2D eigenvalue weighted by Gasteiger charge is -2.21. The largest absolute Gasteiger partial charge is 0.309 e. The van der Waals surface area contributed by atoms with E-state index >= 15 is 0 Å². The molecule has 0 atom stereocenters. The van der Waals surface area contributed by atoms with Crippen molar-refractivity contribution in [2.45, 2.75) is 6.42 Å². The maximum absolute atomic E-state index is 13.1. The molecule has 28 heavy (non-hydrogen) atoms. The Morgan fingerprint density at radius 3 is 2.39 bits per heavy atom. The molecule has 3 aromatic rings. The predicted molar refractivity (Wildman–Crippen MR) is 115 cm³/mol. The fraction of sp³-hybridized carbons (Fsp3) is 0.263. The lowest BCUT2D eigenvalue weighted by Crippen LogP contribution is -2.33. The van der Waals surface area contributed by atoms with Gasteiger partial charge in [-0.05, 0) is 51.3 Å². The second-order valence-electron chi connectivity index (χ2n) is 6.38. The number of fused-ring (bicyclic) bond motifs is 1. The van der Waals surface area contributed by atoms with Gasteiger partial charge in [0.1, 0.15) is 0 Å². The number of thiazole rings is 1. The van der Waals surface area contributed by atoms with Gasteiger partial charge in [-0.1, -0.05) is 23.5 Å². The van der Waals surface area contributed by atoms with Gasteiger partial charge in [-0.15, -0.1) is 12.4 Å². The molecule has 0 aliphatic carbocycles. The molecule has 0 radical (unpaired) electrons. The molecule has 148 valence electrons. The number of amides is 1. The third-order valence-corrected chi connectivity index (χ3v) is 5.13. The van der Waals surface area contributed by atoms with Crippen molar-refractivity contribution < 1.29 is 9.72 Å². The highest BCUT2D eigenvalue weighted by Gasteiger charge is 2.21. The molecule has 0 saturated heterocycles. The maximum Gasteiger partial charge on any atom is 0.269 e. The second-order valence-corrected chi connectivity index (χ2v) is 7.39. The Kier molecular flexibility index (Phi) is 7.45. The molecule has 0 bridgehead atoms. The number of hydrogen-bond acceptors (Lipinski definition) is 6. The monoisotopic (exact) mass is 420 g/mol. The minimum atomic E-state index is -0.476. The number of halogens is 1. The first-order valence-corrected chi connectivity index (χ1v) is 9.34. The van der Waals surface area contributed by atoms with E-state index in [0.717, 1.165) is 23.2 Å². The Balaban J connectivity index is 0.00000280. The summed E-state index contributed by atoms with van der Waals surface area (Å²) >= 11 is 1.47. The first kappa shape index (κ1) is 21.7. The lowest BCUT2D eigenvalue weighted by molar-refractivity contribution is -0.384. The average molecular weight is 421 g/mol. The van der Waals surface area contributed by atoms with Gasteiger partial charge in [0.05, 0.1) is 15.1 Å². The standard InChI is InChI=1S/C19H20N4O3S.ClH/c1-21(2)12-5-13-22(19-20-16-6-3-4-7-17(16)27-19)18(24)14-8-10-15(11-9-14)23(25)26;/h3-4,6-11H,5,12-13H2,1-2H3;1H. The summed E-state index contributed by atoms with van der Waals surface area (Å²) in [5.74, 6) is -0.206. The first-order chi connectivity index (χ1) is 13.0. The number of aromatic nitrogens is 1. The van der Waals surface area contributed by atoms with Gasteiger partial charge in [-0.25, -0.2) is 4.98 Å². The van der Waals surface area contributed by atoms with E-state index in [1.807, 2.05) is 38.4 Å². The van der Waals surface area contributed by atoms with Gasteiger partial charge in [-0.2, -0.15) is 0 Å². The van der Waals surface area contributed by atoms with Gasteiger partial charge in [-0.3, -0.25) is 19.8 Å². The molecular formula is C19H21ClN4O3S.